The Morgan fingerprint density at radius 3 is 2.96 bits per heavy atom. The number of ether oxygens (including phenoxy) is 1. The molecule has 1 fully saturated rings. The van der Waals surface area contributed by atoms with Gasteiger partial charge in [-0.2, -0.15) is 0 Å². The molecule has 2 N–H and O–H groups in total. The summed E-state index contributed by atoms with van der Waals surface area (Å²) < 4.78 is 5.35. The number of carbonyl (C=O) groups excluding carboxylic acids is 1. The van der Waals surface area contributed by atoms with Crippen molar-refractivity contribution >= 4 is 35.1 Å². The van der Waals surface area contributed by atoms with Gasteiger partial charge in [-0.15, -0.1) is 0 Å². The average molecular weight is 361 g/mol. The van der Waals surface area contributed by atoms with E-state index >= 15 is 0 Å². The van der Waals surface area contributed by atoms with Crippen LogP contribution in [0.15, 0.2) is 12.3 Å². The SMILES string of the molecule is CCN(CC1CCOC1)C(=O)NCCNc1ncc(Cl)cc1Cl. The number of nitrogens with zero attached hydrogens (tertiary/aromatic N) is 2. The summed E-state index contributed by atoms with van der Waals surface area (Å²) >= 11 is 11.8. The highest BCUT2D eigenvalue weighted by atomic mass is 35.5. The third-order valence-corrected chi connectivity index (χ3v) is 4.17. The third kappa shape index (κ3) is 5.71. The lowest BCUT2D eigenvalue weighted by molar-refractivity contribution is 0.166. The molecule has 0 bridgehead atoms. The van der Waals surface area contributed by atoms with Crippen molar-refractivity contribution in [1.82, 2.24) is 15.2 Å². The van der Waals surface area contributed by atoms with E-state index in [1.165, 1.54) is 6.20 Å². The molecule has 1 saturated heterocycles. The molecule has 1 atom stereocenters. The minimum absolute atomic E-state index is 0.0589. The van der Waals surface area contributed by atoms with Crippen molar-refractivity contribution in [2.45, 2.75) is 13.3 Å². The van der Waals surface area contributed by atoms with Crippen LogP contribution in [0.3, 0.4) is 0 Å². The Hall–Kier alpha value is -1.24. The van der Waals surface area contributed by atoms with E-state index in [9.17, 15) is 4.79 Å². The van der Waals surface area contributed by atoms with E-state index in [0.717, 1.165) is 26.2 Å². The van der Waals surface area contributed by atoms with Gasteiger partial charge in [0, 0.05) is 44.9 Å². The van der Waals surface area contributed by atoms with Gasteiger partial charge in [-0.25, -0.2) is 9.78 Å². The number of carbonyl (C=O) groups is 1. The second-order valence-corrected chi connectivity index (χ2v) is 6.25. The Labute approximate surface area is 146 Å². The predicted octanol–water partition coefficient (Wildman–Crippen LogP) is 2.87. The molecule has 128 valence electrons. The maximum atomic E-state index is 12.2. The predicted molar refractivity (Wildman–Crippen MR) is 92.3 cm³/mol. The number of hydrogen-bond donors (Lipinski definition) is 2. The van der Waals surface area contributed by atoms with E-state index < -0.39 is 0 Å². The molecule has 0 radical (unpaired) electrons. The van der Waals surface area contributed by atoms with E-state index in [1.54, 1.807) is 6.07 Å². The zero-order chi connectivity index (χ0) is 16.7. The summed E-state index contributed by atoms with van der Waals surface area (Å²) in [6.07, 6.45) is 2.54. The molecular formula is C15H22Cl2N4O2. The lowest BCUT2D eigenvalue weighted by Crippen LogP contribution is -2.43. The number of rotatable bonds is 7. The van der Waals surface area contributed by atoms with E-state index in [4.69, 9.17) is 27.9 Å². The van der Waals surface area contributed by atoms with Crippen molar-refractivity contribution in [1.29, 1.82) is 0 Å². The van der Waals surface area contributed by atoms with Crippen LogP contribution in [0.25, 0.3) is 0 Å². The summed E-state index contributed by atoms with van der Waals surface area (Å²) in [5.74, 6) is 0.997. The maximum absolute atomic E-state index is 12.2. The van der Waals surface area contributed by atoms with Gasteiger partial charge in [-0.3, -0.25) is 0 Å². The Morgan fingerprint density at radius 2 is 2.30 bits per heavy atom. The monoisotopic (exact) mass is 360 g/mol. The first kappa shape index (κ1) is 18.1. The summed E-state index contributed by atoms with van der Waals surface area (Å²) in [7, 11) is 0. The molecule has 1 aromatic heterocycles. The first-order valence-electron chi connectivity index (χ1n) is 7.75. The van der Waals surface area contributed by atoms with Crippen molar-refractivity contribution in [2.24, 2.45) is 5.92 Å². The average Bonchev–Trinajstić information content (AvgIpc) is 3.03. The molecule has 1 aliphatic rings. The van der Waals surface area contributed by atoms with Crippen LogP contribution in [0.2, 0.25) is 10.0 Å². The zero-order valence-corrected chi connectivity index (χ0v) is 14.7. The van der Waals surface area contributed by atoms with Crippen LogP contribution in [0, 0.1) is 5.92 Å². The van der Waals surface area contributed by atoms with Crippen LogP contribution in [-0.2, 0) is 4.74 Å². The Balaban J connectivity index is 1.70. The molecule has 6 nitrogen and oxygen atoms in total. The Kier molecular flexibility index (Phi) is 7.20. The number of pyridine rings is 1. The lowest BCUT2D eigenvalue weighted by atomic mass is 10.1. The van der Waals surface area contributed by atoms with E-state index in [0.29, 0.717) is 41.4 Å². The van der Waals surface area contributed by atoms with E-state index in [1.807, 2.05) is 11.8 Å². The molecule has 2 heterocycles. The smallest absolute Gasteiger partial charge is 0.317 e. The summed E-state index contributed by atoms with van der Waals surface area (Å²) in [6, 6.07) is 1.57. The molecule has 8 heteroatoms. The van der Waals surface area contributed by atoms with Crippen LogP contribution in [-0.4, -0.2) is 55.3 Å². The summed E-state index contributed by atoms with van der Waals surface area (Å²) in [5.41, 5.74) is 0. The zero-order valence-electron chi connectivity index (χ0n) is 13.1. The van der Waals surface area contributed by atoms with Crippen LogP contribution in [0.5, 0.6) is 0 Å². The van der Waals surface area contributed by atoms with Gasteiger partial charge in [0.25, 0.3) is 0 Å². The van der Waals surface area contributed by atoms with Gasteiger partial charge in [-0.05, 0) is 19.4 Å². The van der Waals surface area contributed by atoms with Crippen LogP contribution < -0.4 is 10.6 Å². The summed E-state index contributed by atoms with van der Waals surface area (Å²) in [5, 5.41) is 6.91. The van der Waals surface area contributed by atoms with Crippen molar-refractivity contribution in [3.8, 4) is 0 Å². The van der Waals surface area contributed by atoms with Crippen molar-refractivity contribution in [2.75, 3.05) is 44.7 Å². The molecule has 1 aliphatic heterocycles. The normalized spacial score (nSPS) is 17.1. The second-order valence-electron chi connectivity index (χ2n) is 5.41. The first-order valence-corrected chi connectivity index (χ1v) is 8.51. The molecule has 1 unspecified atom stereocenters. The van der Waals surface area contributed by atoms with Gasteiger partial charge < -0.3 is 20.3 Å². The second kappa shape index (κ2) is 9.15. The minimum Gasteiger partial charge on any atom is -0.381 e. The van der Waals surface area contributed by atoms with Gasteiger partial charge in [0.2, 0.25) is 0 Å². The van der Waals surface area contributed by atoms with E-state index in [-0.39, 0.29) is 6.03 Å². The van der Waals surface area contributed by atoms with Crippen molar-refractivity contribution in [3.63, 3.8) is 0 Å². The number of aromatic nitrogens is 1. The fourth-order valence-electron chi connectivity index (χ4n) is 2.40. The third-order valence-electron chi connectivity index (χ3n) is 3.67. The molecule has 23 heavy (non-hydrogen) atoms. The van der Waals surface area contributed by atoms with Crippen LogP contribution in [0.1, 0.15) is 13.3 Å². The van der Waals surface area contributed by atoms with Gasteiger partial charge in [0.05, 0.1) is 16.7 Å². The molecule has 0 spiro atoms. The fourth-order valence-corrected chi connectivity index (χ4v) is 2.85. The molecule has 1 aromatic rings. The molecule has 0 aromatic carbocycles. The van der Waals surface area contributed by atoms with Gasteiger partial charge >= 0.3 is 6.03 Å². The van der Waals surface area contributed by atoms with Crippen LogP contribution >= 0.6 is 23.2 Å². The molecular weight excluding hydrogens is 339 g/mol. The number of nitrogens with one attached hydrogen (secondary N) is 2. The van der Waals surface area contributed by atoms with Crippen molar-refractivity contribution in [3.05, 3.63) is 22.3 Å². The van der Waals surface area contributed by atoms with Gasteiger partial charge in [-0.1, -0.05) is 23.2 Å². The lowest BCUT2D eigenvalue weighted by Gasteiger charge is -2.24. The molecule has 0 aliphatic carbocycles. The Morgan fingerprint density at radius 1 is 1.48 bits per heavy atom. The number of anilines is 1. The summed E-state index contributed by atoms with van der Waals surface area (Å²) in [4.78, 5) is 18.1. The highest BCUT2D eigenvalue weighted by Crippen LogP contribution is 2.22. The number of urea groups is 1. The molecule has 2 rings (SSSR count). The largest absolute Gasteiger partial charge is 0.381 e. The molecule has 0 saturated carbocycles. The molecule has 2 amide bonds. The highest BCUT2D eigenvalue weighted by molar-refractivity contribution is 6.35. The first-order chi connectivity index (χ1) is 11.1. The van der Waals surface area contributed by atoms with Crippen molar-refractivity contribution < 1.29 is 9.53 Å². The topological polar surface area (TPSA) is 66.5 Å². The van der Waals surface area contributed by atoms with Gasteiger partial charge in [0.1, 0.15) is 5.82 Å². The number of amides is 2. The van der Waals surface area contributed by atoms with Crippen LogP contribution in [0.4, 0.5) is 10.6 Å². The maximum Gasteiger partial charge on any atom is 0.317 e. The van der Waals surface area contributed by atoms with E-state index in [2.05, 4.69) is 15.6 Å². The highest BCUT2D eigenvalue weighted by Gasteiger charge is 2.21. The number of halogens is 2. The standard InChI is InChI=1S/C15H22Cl2N4O2/c1-2-21(9-11-3-6-23-10-11)15(22)19-5-4-18-14-13(17)7-12(16)8-20-14/h7-8,11H,2-6,9-10H2,1H3,(H,18,20)(H,19,22). The Bertz CT molecular complexity index is 524. The fraction of sp³-hybridized carbons (Fsp3) is 0.600. The minimum atomic E-state index is -0.0589. The number of hydrogen-bond acceptors (Lipinski definition) is 4. The van der Waals surface area contributed by atoms with Gasteiger partial charge in [0.15, 0.2) is 0 Å². The quantitative estimate of drug-likeness (QED) is 0.733. The summed E-state index contributed by atoms with van der Waals surface area (Å²) in [6.45, 7) is 5.95.